The van der Waals surface area contributed by atoms with Crippen molar-refractivity contribution in [1.29, 1.82) is 0 Å². The average molecular weight is 511 g/mol. The van der Waals surface area contributed by atoms with Gasteiger partial charge in [-0.3, -0.25) is 4.79 Å². The van der Waals surface area contributed by atoms with E-state index in [0.717, 1.165) is 47.9 Å². The number of carboxylic acids is 1. The van der Waals surface area contributed by atoms with E-state index in [9.17, 15) is 4.79 Å². The Bertz CT molecular complexity index is 968. The van der Waals surface area contributed by atoms with Gasteiger partial charge in [-0.15, -0.1) is 11.3 Å². The highest BCUT2D eigenvalue weighted by Gasteiger charge is 2.15. The predicted octanol–water partition coefficient (Wildman–Crippen LogP) is 5.97. The number of halogens is 2. The molecule has 2 aromatic heterocycles. The summed E-state index contributed by atoms with van der Waals surface area (Å²) < 4.78 is 1.98. The summed E-state index contributed by atoms with van der Waals surface area (Å²) in [7, 11) is 0. The molecule has 27 heavy (non-hydrogen) atoms. The van der Waals surface area contributed by atoms with Crippen molar-refractivity contribution in [3.05, 3.63) is 55.4 Å². The number of benzene rings is 1. The van der Waals surface area contributed by atoms with Crippen LogP contribution in [0, 0.1) is 6.92 Å². The number of aromatic nitrogens is 2. The molecule has 3 aromatic rings. The Hall–Kier alpha value is -1.77. The van der Waals surface area contributed by atoms with Gasteiger partial charge in [-0.05, 0) is 69.0 Å². The van der Waals surface area contributed by atoms with E-state index in [1.807, 2.05) is 37.3 Å². The van der Waals surface area contributed by atoms with Gasteiger partial charge in [-0.1, -0.05) is 19.1 Å². The first-order valence-corrected chi connectivity index (χ1v) is 10.7. The number of aliphatic carboxylic acids is 1. The minimum absolute atomic E-state index is 0.0133. The lowest BCUT2D eigenvalue weighted by Crippen LogP contribution is -2.05. The molecule has 2 heterocycles. The zero-order valence-electron chi connectivity index (χ0n) is 14.7. The summed E-state index contributed by atoms with van der Waals surface area (Å²) in [6.45, 7) is 4.06. The number of hydrogen-bond donors (Lipinski definition) is 2. The second-order valence-electron chi connectivity index (χ2n) is 5.94. The maximum Gasteiger partial charge on any atom is 0.307 e. The molecule has 5 nitrogen and oxygen atoms in total. The maximum absolute atomic E-state index is 10.8. The fourth-order valence-electron chi connectivity index (χ4n) is 2.71. The molecule has 3 rings (SSSR count). The number of rotatable bonds is 6. The third kappa shape index (κ3) is 4.75. The van der Waals surface area contributed by atoms with Gasteiger partial charge >= 0.3 is 5.97 Å². The number of nitrogens with one attached hydrogen (secondary N) is 1. The molecule has 0 aliphatic rings. The molecule has 0 saturated heterocycles. The van der Waals surface area contributed by atoms with Crippen molar-refractivity contribution in [2.45, 2.75) is 26.7 Å². The number of thiophene rings is 1. The molecule has 2 N–H and O–H groups in total. The van der Waals surface area contributed by atoms with E-state index < -0.39 is 5.97 Å². The summed E-state index contributed by atoms with van der Waals surface area (Å²) in [6.07, 6.45) is 0.822. The van der Waals surface area contributed by atoms with Crippen LogP contribution in [0.3, 0.4) is 0 Å². The van der Waals surface area contributed by atoms with Gasteiger partial charge in [0.05, 0.1) is 15.1 Å². The molecule has 8 heteroatoms. The molecule has 0 saturated carbocycles. The van der Waals surface area contributed by atoms with Crippen LogP contribution in [0.1, 0.15) is 23.7 Å². The summed E-state index contributed by atoms with van der Waals surface area (Å²) in [5, 5.41) is 12.3. The van der Waals surface area contributed by atoms with Gasteiger partial charge in [0.1, 0.15) is 5.82 Å². The van der Waals surface area contributed by atoms with Crippen LogP contribution < -0.4 is 5.32 Å². The van der Waals surface area contributed by atoms with Crippen molar-refractivity contribution in [2.75, 3.05) is 5.32 Å². The third-order valence-electron chi connectivity index (χ3n) is 4.01. The summed E-state index contributed by atoms with van der Waals surface area (Å²) in [6, 6.07) is 9.36. The first-order valence-electron chi connectivity index (χ1n) is 8.27. The van der Waals surface area contributed by atoms with E-state index in [-0.39, 0.29) is 6.42 Å². The molecular weight excluding hydrogens is 494 g/mol. The van der Waals surface area contributed by atoms with Crippen molar-refractivity contribution < 1.29 is 9.90 Å². The average Bonchev–Trinajstić information content (AvgIpc) is 2.95. The largest absolute Gasteiger partial charge is 0.481 e. The molecule has 1 aromatic carbocycles. The summed E-state index contributed by atoms with van der Waals surface area (Å²) >= 11 is 8.59. The zero-order chi connectivity index (χ0) is 19.6. The quantitative estimate of drug-likeness (QED) is 0.427. The second-order valence-corrected chi connectivity index (χ2v) is 9.16. The van der Waals surface area contributed by atoms with Crippen molar-refractivity contribution in [2.24, 2.45) is 0 Å². The minimum atomic E-state index is -0.840. The van der Waals surface area contributed by atoms with Gasteiger partial charge in [0.2, 0.25) is 0 Å². The van der Waals surface area contributed by atoms with Crippen molar-refractivity contribution in [3.8, 4) is 10.7 Å². The molecule has 0 atom stereocenters. The smallest absolute Gasteiger partial charge is 0.307 e. The molecule has 0 unspecified atom stereocenters. The van der Waals surface area contributed by atoms with E-state index in [1.54, 1.807) is 11.3 Å². The Morgan fingerprint density at radius 1 is 1.22 bits per heavy atom. The highest BCUT2D eigenvalue weighted by atomic mass is 79.9. The van der Waals surface area contributed by atoms with Crippen LogP contribution in [0.2, 0.25) is 0 Å². The number of carbonyl (C=O) groups is 1. The molecule has 0 spiro atoms. The highest BCUT2D eigenvalue weighted by Crippen LogP contribution is 2.38. The fourth-order valence-corrected chi connectivity index (χ4v) is 4.68. The topological polar surface area (TPSA) is 75.1 Å². The summed E-state index contributed by atoms with van der Waals surface area (Å²) in [4.78, 5) is 21.2. The third-order valence-corrected chi connectivity index (χ3v) is 7.26. The molecular formula is C19H17Br2N3O2S. The molecule has 0 amide bonds. The Kier molecular flexibility index (Phi) is 6.29. The van der Waals surface area contributed by atoms with Gasteiger partial charge in [0.25, 0.3) is 0 Å². The molecule has 0 aliphatic carbocycles. The first-order chi connectivity index (χ1) is 12.9. The van der Waals surface area contributed by atoms with Crippen LogP contribution >= 0.6 is 43.2 Å². The van der Waals surface area contributed by atoms with Gasteiger partial charge in [-0.2, -0.15) is 0 Å². The van der Waals surface area contributed by atoms with E-state index in [0.29, 0.717) is 5.82 Å². The number of hydrogen-bond acceptors (Lipinski definition) is 5. The van der Waals surface area contributed by atoms with Crippen LogP contribution in [-0.4, -0.2) is 21.0 Å². The summed E-state index contributed by atoms with van der Waals surface area (Å²) in [5.41, 5.74) is 3.62. The Morgan fingerprint density at radius 2 is 1.93 bits per heavy atom. The highest BCUT2D eigenvalue weighted by molar-refractivity contribution is 9.13. The molecule has 140 valence electrons. The first kappa shape index (κ1) is 20.0. The second kappa shape index (κ2) is 8.50. The SMILES string of the molecule is CCc1c(C)nc(-c2cc(Br)c(Br)s2)nc1Nc1ccc(CC(=O)O)cc1. The van der Waals surface area contributed by atoms with Crippen LogP contribution in [0.15, 0.2) is 38.6 Å². The van der Waals surface area contributed by atoms with E-state index in [1.165, 1.54) is 0 Å². The van der Waals surface area contributed by atoms with Gasteiger partial charge in [0, 0.05) is 21.4 Å². The van der Waals surface area contributed by atoms with Crippen LogP contribution in [-0.2, 0) is 17.6 Å². The van der Waals surface area contributed by atoms with E-state index in [2.05, 4.69) is 49.1 Å². The fraction of sp³-hybridized carbons (Fsp3) is 0.211. The van der Waals surface area contributed by atoms with Crippen LogP contribution in [0.4, 0.5) is 11.5 Å². The molecule has 0 radical (unpaired) electrons. The Morgan fingerprint density at radius 3 is 2.48 bits per heavy atom. The van der Waals surface area contributed by atoms with E-state index >= 15 is 0 Å². The van der Waals surface area contributed by atoms with Gasteiger partial charge in [0.15, 0.2) is 5.82 Å². The van der Waals surface area contributed by atoms with Gasteiger partial charge < -0.3 is 10.4 Å². The lowest BCUT2D eigenvalue weighted by molar-refractivity contribution is -0.136. The standard InChI is InChI=1S/C19H17Br2N3O2S/c1-3-13-10(2)22-19(15-9-14(20)17(21)27-15)24-18(13)23-12-6-4-11(5-7-12)8-16(25)26/h4-7,9H,3,8H2,1-2H3,(H,25,26)(H,22,23,24). The number of nitrogens with zero attached hydrogens (tertiary/aromatic N) is 2. The molecule has 0 bridgehead atoms. The lowest BCUT2D eigenvalue weighted by Gasteiger charge is -2.14. The predicted molar refractivity (Wildman–Crippen MR) is 116 cm³/mol. The normalized spacial score (nSPS) is 10.8. The van der Waals surface area contributed by atoms with E-state index in [4.69, 9.17) is 10.1 Å². The number of carboxylic acid groups (broad SMARTS) is 1. The van der Waals surface area contributed by atoms with Gasteiger partial charge in [-0.25, -0.2) is 9.97 Å². The Labute approximate surface area is 178 Å². The van der Waals surface area contributed by atoms with Crippen molar-refractivity contribution in [1.82, 2.24) is 9.97 Å². The van der Waals surface area contributed by atoms with Crippen molar-refractivity contribution >= 4 is 60.7 Å². The minimum Gasteiger partial charge on any atom is -0.481 e. The monoisotopic (exact) mass is 509 g/mol. The lowest BCUT2D eigenvalue weighted by atomic mass is 10.1. The van der Waals surface area contributed by atoms with Crippen molar-refractivity contribution in [3.63, 3.8) is 0 Å². The number of anilines is 2. The zero-order valence-corrected chi connectivity index (χ0v) is 18.7. The number of aryl methyl sites for hydroxylation is 1. The van der Waals surface area contributed by atoms with Crippen LogP contribution in [0.5, 0.6) is 0 Å². The summed E-state index contributed by atoms with van der Waals surface area (Å²) in [5.74, 6) is 0.603. The molecule has 0 fully saturated rings. The van der Waals surface area contributed by atoms with Crippen LogP contribution in [0.25, 0.3) is 10.7 Å². The Balaban J connectivity index is 1.94. The molecule has 0 aliphatic heterocycles. The maximum atomic E-state index is 10.8.